The molecule has 7 nitrogen and oxygen atoms in total. The number of hydrogen-bond donors (Lipinski definition) is 0. The van der Waals surface area contributed by atoms with Gasteiger partial charge in [-0.3, -0.25) is 9.69 Å². The van der Waals surface area contributed by atoms with Gasteiger partial charge in [-0.2, -0.15) is 0 Å². The van der Waals surface area contributed by atoms with E-state index in [0.29, 0.717) is 34.5 Å². The number of halogens is 1. The van der Waals surface area contributed by atoms with Gasteiger partial charge in [0.05, 0.1) is 35.1 Å². The number of anilines is 1. The number of fused-ring (bicyclic) bond motifs is 1. The molecule has 0 aliphatic carbocycles. The van der Waals surface area contributed by atoms with Crippen LogP contribution in [0.1, 0.15) is 34.6 Å². The second-order valence-electron chi connectivity index (χ2n) is 6.94. The highest BCUT2D eigenvalue weighted by atomic mass is 35.5. The summed E-state index contributed by atoms with van der Waals surface area (Å²) in [6, 6.07) is 10.1. The van der Waals surface area contributed by atoms with E-state index in [9.17, 15) is 9.59 Å². The van der Waals surface area contributed by atoms with E-state index in [1.807, 2.05) is 0 Å². The van der Waals surface area contributed by atoms with Crippen LogP contribution in [0.5, 0.6) is 5.75 Å². The van der Waals surface area contributed by atoms with Crippen LogP contribution in [0.15, 0.2) is 36.4 Å². The van der Waals surface area contributed by atoms with Crippen LogP contribution < -0.4 is 9.64 Å². The molecule has 1 heterocycles. The van der Waals surface area contributed by atoms with E-state index in [-0.39, 0.29) is 17.0 Å². The second-order valence-corrected chi connectivity index (χ2v) is 8.33. The molecule has 3 aromatic rings. The second kappa shape index (κ2) is 10.8. The summed E-state index contributed by atoms with van der Waals surface area (Å²) in [7, 11) is 2.86. The van der Waals surface area contributed by atoms with Gasteiger partial charge in [0.1, 0.15) is 11.3 Å². The number of nitrogens with zero attached hydrogens (tertiary/aromatic N) is 3. The van der Waals surface area contributed by atoms with E-state index in [0.717, 1.165) is 17.8 Å². The van der Waals surface area contributed by atoms with Gasteiger partial charge in [-0.1, -0.05) is 48.9 Å². The fourth-order valence-electron chi connectivity index (χ4n) is 3.39. The molecule has 0 atom stereocenters. The molecule has 0 radical (unpaired) electrons. The maximum atomic E-state index is 13.7. The Hall–Kier alpha value is -2.68. The summed E-state index contributed by atoms with van der Waals surface area (Å²) in [4.78, 5) is 34.5. The number of benzene rings is 2. The molecule has 0 spiro atoms. The minimum atomic E-state index is -0.563. The highest BCUT2D eigenvalue weighted by molar-refractivity contribution is 7.23. The molecular weight excluding hydrogens is 450 g/mol. The lowest BCUT2D eigenvalue weighted by molar-refractivity contribution is 0.0597. The number of esters is 1. The third kappa shape index (κ3) is 4.87. The van der Waals surface area contributed by atoms with E-state index in [1.54, 1.807) is 48.4 Å². The molecule has 0 N–H and O–H groups in total. The van der Waals surface area contributed by atoms with Crippen LogP contribution in [-0.4, -0.2) is 62.2 Å². The number of ether oxygens (including phenoxy) is 2. The Morgan fingerprint density at radius 3 is 2.34 bits per heavy atom. The fraction of sp³-hybridized carbons (Fsp3) is 0.348. The summed E-state index contributed by atoms with van der Waals surface area (Å²) in [5.41, 5.74) is 1.07. The first-order valence-corrected chi connectivity index (χ1v) is 11.5. The van der Waals surface area contributed by atoms with Crippen molar-refractivity contribution < 1.29 is 19.1 Å². The molecule has 2 aromatic carbocycles. The lowest BCUT2D eigenvalue weighted by Gasteiger charge is -2.25. The summed E-state index contributed by atoms with van der Waals surface area (Å²) in [5.74, 6) is -0.308. The molecule has 32 heavy (non-hydrogen) atoms. The van der Waals surface area contributed by atoms with Crippen LogP contribution in [0.3, 0.4) is 0 Å². The molecular formula is C23H26ClN3O4S. The van der Waals surface area contributed by atoms with Gasteiger partial charge in [-0.05, 0) is 37.4 Å². The average molecular weight is 476 g/mol. The smallest absolute Gasteiger partial charge is 0.338 e. The van der Waals surface area contributed by atoms with Crippen molar-refractivity contribution in [2.45, 2.75) is 13.8 Å². The number of likely N-dealkylation sites (N-methyl/N-ethyl adjacent to an activating group) is 1. The third-order valence-corrected chi connectivity index (χ3v) is 6.78. The van der Waals surface area contributed by atoms with Crippen molar-refractivity contribution >= 4 is 50.2 Å². The first kappa shape index (κ1) is 24.0. The number of amides is 1. The van der Waals surface area contributed by atoms with Gasteiger partial charge in [-0.15, -0.1) is 0 Å². The van der Waals surface area contributed by atoms with Crippen molar-refractivity contribution in [3.05, 3.63) is 52.5 Å². The maximum Gasteiger partial charge on any atom is 0.338 e. The van der Waals surface area contributed by atoms with E-state index < -0.39 is 5.97 Å². The van der Waals surface area contributed by atoms with E-state index in [2.05, 4.69) is 18.7 Å². The number of hydrogen-bond acceptors (Lipinski definition) is 7. The molecule has 0 bridgehead atoms. The van der Waals surface area contributed by atoms with Crippen LogP contribution in [0.4, 0.5) is 5.13 Å². The van der Waals surface area contributed by atoms with Gasteiger partial charge < -0.3 is 14.4 Å². The van der Waals surface area contributed by atoms with E-state index >= 15 is 0 Å². The molecule has 170 valence electrons. The average Bonchev–Trinajstić information content (AvgIpc) is 3.27. The molecule has 9 heteroatoms. The summed E-state index contributed by atoms with van der Waals surface area (Å²) < 4.78 is 11.0. The number of rotatable bonds is 9. The van der Waals surface area contributed by atoms with Crippen molar-refractivity contribution in [2.75, 3.05) is 45.3 Å². The lowest BCUT2D eigenvalue weighted by Crippen LogP contribution is -2.39. The highest BCUT2D eigenvalue weighted by Gasteiger charge is 2.27. The first-order valence-electron chi connectivity index (χ1n) is 10.3. The number of thiazole rings is 1. The fourth-order valence-corrected chi connectivity index (χ4v) is 4.67. The van der Waals surface area contributed by atoms with Crippen LogP contribution in [-0.2, 0) is 4.74 Å². The Labute approximate surface area is 196 Å². The minimum Gasteiger partial charge on any atom is -0.494 e. The zero-order chi connectivity index (χ0) is 23.3. The third-order valence-electron chi connectivity index (χ3n) is 5.24. The van der Waals surface area contributed by atoms with Crippen LogP contribution in [0, 0.1) is 0 Å². The maximum absolute atomic E-state index is 13.7. The monoisotopic (exact) mass is 475 g/mol. The van der Waals surface area contributed by atoms with E-state index in [1.165, 1.54) is 18.4 Å². The van der Waals surface area contributed by atoms with Gasteiger partial charge in [0.2, 0.25) is 0 Å². The molecule has 0 unspecified atom stereocenters. The minimum absolute atomic E-state index is 0.213. The molecule has 0 saturated heterocycles. The van der Waals surface area contributed by atoms with Crippen LogP contribution in [0.25, 0.3) is 10.2 Å². The standard InChI is InChI=1S/C23H26ClN3O4S/c1-5-26(6-2)13-14-27(21(28)15-9-7-8-10-16(15)22(29)31-4)23-25-19-18(30-3)12-11-17(24)20(19)32-23/h7-12H,5-6,13-14H2,1-4H3. The summed E-state index contributed by atoms with van der Waals surface area (Å²) >= 11 is 7.72. The van der Waals surface area contributed by atoms with Crippen LogP contribution >= 0.6 is 22.9 Å². The number of aromatic nitrogens is 1. The Morgan fingerprint density at radius 2 is 1.72 bits per heavy atom. The zero-order valence-electron chi connectivity index (χ0n) is 18.6. The molecule has 0 saturated carbocycles. The molecule has 0 fully saturated rings. The molecule has 1 aromatic heterocycles. The Bertz CT molecular complexity index is 1110. The van der Waals surface area contributed by atoms with Crippen molar-refractivity contribution in [2.24, 2.45) is 0 Å². The topological polar surface area (TPSA) is 72.0 Å². The predicted octanol–water partition coefficient (Wildman–Crippen LogP) is 4.73. The van der Waals surface area contributed by atoms with Gasteiger partial charge in [0, 0.05) is 13.1 Å². The Morgan fingerprint density at radius 1 is 1.03 bits per heavy atom. The number of methoxy groups -OCH3 is 2. The number of carbonyl (C=O) groups is 2. The Kier molecular flexibility index (Phi) is 8.06. The first-order chi connectivity index (χ1) is 15.4. The van der Waals surface area contributed by atoms with Gasteiger partial charge in [-0.25, -0.2) is 9.78 Å². The van der Waals surface area contributed by atoms with Gasteiger partial charge in [0.25, 0.3) is 5.91 Å². The molecule has 1 amide bonds. The molecule has 0 aliphatic rings. The quantitative estimate of drug-likeness (QED) is 0.416. The summed E-state index contributed by atoms with van der Waals surface area (Å²) in [6.45, 7) is 6.92. The molecule has 0 aliphatic heterocycles. The van der Waals surface area contributed by atoms with Gasteiger partial charge in [0.15, 0.2) is 5.13 Å². The largest absolute Gasteiger partial charge is 0.494 e. The lowest BCUT2D eigenvalue weighted by atomic mass is 10.1. The predicted molar refractivity (Wildman–Crippen MR) is 128 cm³/mol. The van der Waals surface area contributed by atoms with Crippen molar-refractivity contribution in [1.29, 1.82) is 0 Å². The SMILES string of the molecule is CCN(CC)CCN(C(=O)c1ccccc1C(=O)OC)c1nc2c(OC)ccc(Cl)c2s1. The van der Waals surface area contributed by atoms with Crippen molar-refractivity contribution in [1.82, 2.24) is 9.88 Å². The van der Waals surface area contributed by atoms with E-state index in [4.69, 9.17) is 26.1 Å². The summed E-state index contributed by atoms with van der Waals surface area (Å²) in [6.07, 6.45) is 0. The Balaban J connectivity index is 2.09. The number of carbonyl (C=O) groups excluding carboxylic acids is 2. The van der Waals surface area contributed by atoms with Crippen molar-refractivity contribution in [3.63, 3.8) is 0 Å². The van der Waals surface area contributed by atoms with Crippen LogP contribution in [0.2, 0.25) is 5.02 Å². The normalized spacial score (nSPS) is 11.1. The molecule has 3 rings (SSSR count). The zero-order valence-corrected chi connectivity index (χ0v) is 20.1. The highest BCUT2D eigenvalue weighted by Crippen LogP contribution is 2.39. The summed E-state index contributed by atoms with van der Waals surface area (Å²) in [5, 5.41) is 1.03. The van der Waals surface area contributed by atoms with Crippen molar-refractivity contribution in [3.8, 4) is 5.75 Å². The van der Waals surface area contributed by atoms with Gasteiger partial charge >= 0.3 is 5.97 Å².